The molecule has 0 spiro atoms. The average Bonchev–Trinajstić information content (AvgIpc) is 3.18. The smallest absolute Gasteiger partial charge is 0.227 e. The van der Waals surface area contributed by atoms with E-state index in [-0.39, 0.29) is 12.3 Å². The molecular formula is C21H22ClN3O4. The van der Waals surface area contributed by atoms with Gasteiger partial charge in [-0.25, -0.2) is 0 Å². The van der Waals surface area contributed by atoms with Crippen LogP contribution in [0.2, 0.25) is 5.02 Å². The summed E-state index contributed by atoms with van der Waals surface area (Å²) in [5, 5.41) is 7.46. The van der Waals surface area contributed by atoms with Gasteiger partial charge < -0.3 is 19.3 Å². The molecule has 0 fully saturated rings. The number of aromatic nitrogens is 2. The van der Waals surface area contributed by atoms with Crippen LogP contribution in [-0.2, 0) is 16.0 Å². The molecule has 0 aliphatic carbocycles. The van der Waals surface area contributed by atoms with Crippen LogP contribution in [0.1, 0.15) is 17.9 Å². The average molecular weight is 416 g/mol. The molecule has 1 aromatic heterocycles. The predicted octanol–water partition coefficient (Wildman–Crippen LogP) is 4.29. The fourth-order valence-corrected chi connectivity index (χ4v) is 2.72. The summed E-state index contributed by atoms with van der Waals surface area (Å²) < 4.78 is 15.9. The predicted molar refractivity (Wildman–Crippen MR) is 110 cm³/mol. The molecule has 3 aromatic rings. The summed E-state index contributed by atoms with van der Waals surface area (Å²) in [6.07, 6.45) is 0.534. The topological polar surface area (TPSA) is 86.5 Å². The van der Waals surface area contributed by atoms with Gasteiger partial charge in [-0.3, -0.25) is 4.79 Å². The molecular weight excluding hydrogens is 394 g/mol. The van der Waals surface area contributed by atoms with Crippen LogP contribution in [0.15, 0.2) is 47.0 Å². The second kappa shape index (κ2) is 10.0. The maximum Gasteiger partial charge on any atom is 0.227 e. The molecule has 1 N–H and O–H groups in total. The Hall–Kier alpha value is -2.90. The molecule has 2 aromatic carbocycles. The van der Waals surface area contributed by atoms with Gasteiger partial charge in [-0.05, 0) is 48.9 Å². The summed E-state index contributed by atoms with van der Waals surface area (Å²) in [5.74, 6) is 1.30. The van der Waals surface area contributed by atoms with Gasteiger partial charge in [-0.15, -0.1) is 0 Å². The second-order valence-electron chi connectivity index (χ2n) is 6.41. The minimum Gasteiger partial charge on any atom is -0.489 e. The van der Waals surface area contributed by atoms with Crippen molar-refractivity contribution in [3.63, 3.8) is 0 Å². The monoisotopic (exact) mass is 415 g/mol. The number of hydrogen-bond acceptors (Lipinski definition) is 6. The molecule has 0 aliphatic heterocycles. The van der Waals surface area contributed by atoms with Gasteiger partial charge in [0, 0.05) is 30.5 Å². The molecule has 0 unspecified atom stereocenters. The summed E-state index contributed by atoms with van der Waals surface area (Å²) in [7, 11) is 1.61. The molecule has 152 valence electrons. The van der Waals surface area contributed by atoms with Crippen molar-refractivity contribution in [2.75, 3.05) is 25.6 Å². The fourth-order valence-electron chi connectivity index (χ4n) is 2.59. The number of benzene rings is 2. The number of halogens is 1. The van der Waals surface area contributed by atoms with Gasteiger partial charge in [0.15, 0.2) is 0 Å². The number of rotatable bonds is 9. The highest BCUT2D eigenvalue weighted by atomic mass is 35.5. The molecule has 29 heavy (non-hydrogen) atoms. The number of carbonyl (C=O) groups excluding carboxylic acids is 1. The lowest BCUT2D eigenvalue weighted by Gasteiger charge is -2.13. The molecule has 0 saturated heterocycles. The number of nitrogens with one attached hydrogen (secondary N) is 1. The van der Waals surface area contributed by atoms with E-state index >= 15 is 0 Å². The zero-order chi connectivity index (χ0) is 20.6. The van der Waals surface area contributed by atoms with Crippen molar-refractivity contribution in [1.29, 1.82) is 0 Å². The fraction of sp³-hybridized carbons (Fsp3) is 0.286. The Morgan fingerprint density at radius 2 is 1.97 bits per heavy atom. The van der Waals surface area contributed by atoms with Crippen LogP contribution in [-0.4, -0.2) is 36.4 Å². The third kappa shape index (κ3) is 6.04. The first-order valence-electron chi connectivity index (χ1n) is 9.16. The van der Waals surface area contributed by atoms with Gasteiger partial charge in [-0.2, -0.15) is 4.98 Å². The number of nitrogens with zero attached hydrogens (tertiary/aromatic N) is 2. The van der Waals surface area contributed by atoms with E-state index < -0.39 is 0 Å². The van der Waals surface area contributed by atoms with E-state index in [4.69, 9.17) is 25.6 Å². The standard InChI is InChI=1S/C21H22ClN3O4/c1-14-3-8-17(18(13-14)28-12-11-27-2)23-19(26)9-10-20-24-21(25-29-20)15-4-6-16(22)7-5-15/h3-8,13H,9-12H2,1-2H3,(H,23,26). The summed E-state index contributed by atoms with van der Waals surface area (Å²) in [6, 6.07) is 12.7. The molecule has 0 radical (unpaired) electrons. The van der Waals surface area contributed by atoms with Crippen molar-refractivity contribution < 1.29 is 18.8 Å². The van der Waals surface area contributed by atoms with Crippen molar-refractivity contribution >= 4 is 23.2 Å². The minimum absolute atomic E-state index is 0.170. The summed E-state index contributed by atoms with van der Waals surface area (Å²) >= 11 is 5.89. The first-order chi connectivity index (χ1) is 14.0. The molecule has 7 nitrogen and oxygen atoms in total. The number of carbonyl (C=O) groups is 1. The lowest BCUT2D eigenvalue weighted by molar-refractivity contribution is -0.116. The Balaban J connectivity index is 1.57. The van der Waals surface area contributed by atoms with E-state index in [0.717, 1.165) is 11.1 Å². The first kappa shape index (κ1) is 20.8. The van der Waals surface area contributed by atoms with Gasteiger partial charge in [0.1, 0.15) is 12.4 Å². The third-order valence-electron chi connectivity index (χ3n) is 4.09. The highest BCUT2D eigenvalue weighted by Gasteiger charge is 2.13. The Morgan fingerprint density at radius 3 is 2.72 bits per heavy atom. The van der Waals surface area contributed by atoms with Crippen LogP contribution in [0.3, 0.4) is 0 Å². The van der Waals surface area contributed by atoms with Crippen LogP contribution < -0.4 is 10.1 Å². The summed E-state index contributed by atoms with van der Waals surface area (Å²) in [6.45, 7) is 2.83. The summed E-state index contributed by atoms with van der Waals surface area (Å²) in [5.41, 5.74) is 2.45. The van der Waals surface area contributed by atoms with Crippen molar-refractivity contribution in [2.24, 2.45) is 0 Å². The highest BCUT2D eigenvalue weighted by molar-refractivity contribution is 6.30. The zero-order valence-corrected chi connectivity index (χ0v) is 17.0. The third-order valence-corrected chi connectivity index (χ3v) is 4.34. The second-order valence-corrected chi connectivity index (χ2v) is 6.84. The first-order valence-corrected chi connectivity index (χ1v) is 9.53. The van der Waals surface area contributed by atoms with Crippen molar-refractivity contribution in [2.45, 2.75) is 19.8 Å². The SMILES string of the molecule is COCCOc1cc(C)ccc1NC(=O)CCc1nc(-c2ccc(Cl)cc2)no1. The molecule has 1 amide bonds. The maximum atomic E-state index is 12.4. The quantitative estimate of drug-likeness (QED) is 0.524. The molecule has 1 heterocycles. The van der Waals surface area contributed by atoms with E-state index in [1.807, 2.05) is 37.3 Å². The van der Waals surface area contributed by atoms with Crippen molar-refractivity contribution in [1.82, 2.24) is 10.1 Å². The zero-order valence-electron chi connectivity index (χ0n) is 16.3. The summed E-state index contributed by atoms with van der Waals surface area (Å²) in [4.78, 5) is 16.7. The maximum absolute atomic E-state index is 12.4. The number of amides is 1. The number of aryl methyl sites for hydroxylation is 2. The van der Waals surface area contributed by atoms with E-state index in [1.165, 1.54) is 0 Å². The number of methoxy groups -OCH3 is 1. The van der Waals surface area contributed by atoms with Gasteiger partial charge >= 0.3 is 0 Å². The highest BCUT2D eigenvalue weighted by Crippen LogP contribution is 2.26. The number of anilines is 1. The van der Waals surface area contributed by atoms with Crippen molar-refractivity contribution in [3.05, 3.63) is 58.9 Å². The molecule has 0 aliphatic rings. The Bertz CT molecular complexity index is 957. The van der Waals surface area contributed by atoms with Gasteiger partial charge in [0.05, 0.1) is 12.3 Å². The Morgan fingerprint density at radius 1 is 1.17 bits per heavy atom. The molecule has 8 heteroatoms. The normalized spacial score (nSPS) is 10.7. The van der Waals surface area contributed by atoms with Gasteiger partial charge in [0.25, 0.3) is 0 Å². The lowest BCUT2D eigenvalue weighted by atomic mass is 10.2. The molecule has 0 bridgehead atoms. The lowest BCUT2D eigenvalue weighted by Crippen LogP contribution is -2.14. The van der Waals surface area contributed by atoms with Gasteiger partial charge in [-0.1, -0.05) is 22.8 Å². The van der Waals surface area contributed by atoms with E-state index in [2.05, 4.69) is 15.5 Å². The molecule has 0 saturated carbocycles. The number of hydrogen-bond donors (Lipinski definition) is 1. The van der Waals surface area contributed by atoms with Crippen LogP contribution in [0.25, 0.3) is 11.4 Å². The molecule has 3 rings (SSSR count). The Kier molecular flexibility index (Phi) is 7.21. The Labute approximate surface area is 174 Å². The van der Waals surface area contributed by atoms with Crippen LogP contribution in [0, 0.1) is 6.92 Å². The largest absolute Gasteiger partial charge is 0.489 e. The van der Waals surface area contributed by atoms with Crippen LogP contribution in [0.5, 0.6) is 5.75 Å². The minimum atomic E-state index is -0.170. The van der Waals surface area contributed by atoms with E-state index in [0.29, 0.717) is 47.8 Å². The van der Waals surface area contributed by atoms with Gasteiger partial charge in [0.2, 0.25) is 17.6 Å². The number of ether oxygens (including phenoxy) is 2. The molecule has 0 atom stereocenters. The van der Waals surface area contributed by atoms with Crippen LogP contribution in [0.4, 0.5) is 5.69 Å². The van der Waals surface area contributed by atoms with E-state index in [9.17, 15) is 4.79 Å². The van der Waals surface area contributed by atoms with E-state index in [1.54, 1.807) is 19.2 Å². The van der Waals surface area contributed by atoms with Crippen molar-refractivity contribution in [3.8, 4) is 17.1 Å². The van der Waals surface area contributed by atoms with Crippen LogP contribution >= 0.6 is 11.6 Å².